The zero-order valence-electron chi connectivity index (χ0n) is 21.7. The Bertz CT molecular complexity index is 1390. The van der Waals surface area contributed by atoms with E-state index in [1.807, 2.05) is 0 Å². The second kappa shape index (κ2) is 12.3. The molecular weight excluding hydrogens is 520 g/mol. The molecule has 0 N–H and O–H groups in total. The number of ether oxygens (including phenoxy) is 1. The molecule has 0 saturated heterocycles. The molecule has 0 bridgehead atoms. The van der Waals surface area contributed by atoms with Gasteiger partial charge < -0.3 is 4.74 Å². The molecule has 0 heterocycles. The molecule has 40 heavy (non-hydrogen) atoms. The number of hydrogen-bond donors (Lipinski definition) is 0. The van der Waals surface area contributed by atoms with E-state index in [9.17, 15) is 45.1 Å². The molecular formula is C28H26N4O8. The van der Waals surface area contributed by atoms with Gasteiger partial charge in [0, 0.05) is 43.5 Å². The highest BCUT2D eigenvalue weighted by molar-refractivity contribution is 6.00. The van der Waals surface area contributed by atoms with E-state index in [4.69, 9.17) is 0 Å². The van der Waals surface area contributed by atoms with Crippen molar-refractivity contribution in [1.82, 2.24) is 0 Å². The molecule has 0 radical (unpaired) electrons. The van der Waals surface area contributed by atoms with Crippen LogP contribution in [-0.2, 0) is 30.0 Å². The van der Waals surface area contributed by atoms with Crippen LogP contribution in [-0.4, -0.2) is 34.5 Å². The standard InChI is InChI=1S/C15H14N2O5.C13H12N2O3/c1-22-14(19)12-8-15(9-16,7-6-13(12)18)10-2-4-11(5-3-10)17(20)21;14-9-13(7-5-12(16)6-8-13)10-1-3-11(4-2-10)15(17)18/h2-5,12H,6-8H2,1H3;1-4H,5-8H2. The van der Waals surface area contributed by atoms with Gasteiger partial charge in [-0.15, -0.1) is 0 Å². The second-order valence-electron chi connectivity index (χ2n) is 9.78. The number of nitro groups is 2. The summed E-state index contributed by atoms with van der Waals surface area (Å²) in [6.07, 6.45) is 2.24. The number of carbonyl (C=O) groups excluding carboxylic acids is 3. The zero-order chi connectivity index (χ0) is 29.5. The summed E-state index contributed by atoms with van der Waals surface area (Å²) < 4.78 is 4.63. The lowest BCUT2D eigenvalue weighted by Crippen LogP contribution is -2.40. The molecule has 2 aliphatic rings. The van der Waals surface area contributed by atoms with Crippen molar-refractivity contribution in [2.24, 2.45) is 5.92 Å². The van der Waals surface area contributed by atoms with Crippen molar-refractivity contribution in [3.05, 3.63) is 79.9 Å². The Balaban J connectivity index is 0.000000225. The topological polar surface area (TPSA) is 194 Å². The number of esters is 1. The third-order valence-corrected chi connectivity index (χ3v) is 7.58. The third kappa shape index (κ3) is 6.18. The van der Waals surface area contributed by atoms with Gasteiger partial charge >= 0.3 is 5.97 Å². The normalized spacial score (nSPS) is 21.5. The van der Waals surface area contributed by atoms with E-state index in [2.05, 4.69) is 16.9 Å². The highest BCUT2D eigenvalue weighted by atomic mass is 16.6. The van der Waals surface area contributed by atoms with Gasteiger partial charge in [0.05, 0.1) is 39.9 Å². The van der Waals surface area contributed by atoms with Crippen molar-refractivity contribution in [1.29, 1.82) is 10.5 Å². The molecule has 12 heteroatoms. The molecule has 206 valence electrons. The first-order valence-electron chi connectivity index (χ1n) is 12.5. The monoisotopic (exact) mass is 546 g/mol. The van der Waals surface area contributed by atoms with Gasteiger partial charge in [-0.3, -0.25) is 34.6 Å². The largest absolute Gasteiger partial charge is 0.468 e. The van der Waals surface area contributed by atoms with Gasteiger partial charge in [0.15, 0.2) is 0 Å². The van der Waals surface area contributed by atoms with Crippen LogP contribution < -0.4 is 0 Å². The number of Topliss-reactive ketones (excluding diaryl/α,β-unsaturated/α-hetero) is 2. The van der Waals surface area contributed by atoms with E-state index in [1.165, 1.54) is 43.5 Å². The Morgan fingerprint density at radius 2 is 1.25 bits per heavy atom. The summed E-state index contributed by atoms with van der Waals surface area (Å²) in [5.74, 6) is -1.66. The molecule has 2 saturated carbocycles. The maximum absolute atomic E-state index is 11.9. The van der Waals surface area contributed by atoms with E-state index in [-0.39, 0.29) is 42.2 Å². The maximum Gasteiger partial charge on any atom is 0.316 e. The quantitative estimate of drug-likeness (QED) is 0.224. The third-order valence-electron chi connectivity index (χ3n) is 7.58. The van der Waals surface area contributed by atoms with Crippen LogP contribution in [0.15, 0.2) is 48.5 Å². The number of nitrogens with zero attached hydrogens (tertiary/aromatic N) is 4. The zero-order valence-corrected chi connectivity index (χ0v) is 21.7. The molecule has 2 atom stereocenters. The van der Waals surface area contributed by atoms with Crippen LogP contribution in [0.4, 0.5) is 11.4 Å². The maximum atomic E-state index is 11.9. The number of benzene rings is 2. The van der Waals surface area contributed by atoms with Crippen LogP contribution in [0.1, 0.15) is 56.1 Å². The molecule has 2 fully saturated rings. The van der Waals surface area contributed by atoms with E-state index < -0.39 is 32.6 Å². The Kier molecular flexibility index (Phi) is 9.07. The molecule has 12 nitrogen and oxygen atoms in total. The van der Waals surface area contributed by atoms with E-state index in [0.717, 1.165) is 5.56 Å². The first kappa shape index (κ1) is 29.6. The number of non-ortho nitro benzene ring substituents is 2. The van der Waals surface area contributed by atoms with Crippen LogP contribution in [0.25, 0.3) is 0 Å². The van der Waals surface area contributed by atoms with Gasteiger partial charge in [0.2, 0.25) is 0 Å². The van der Waals surface area contributed by atoms with Gasteiger partial charge in [-0.1, -0.05) is 24.3 Å². The van der Waals surface area contributed by atoms with Crippen molar-refractivity contribution in [2.75, 3.05) is 7.11 Å². The summed E-state index contributed by atoms with van der Waals surface area (Å²) in [6.45, 7) is 0. The molecule has 0 aromatic heterocycles. The predicted molar refractivity (Wildman–Crippen MR) is 139 cm³/mol. The Labute approximate surface area is 229 Å². The van der Waals surface area contributed by atoms with Gasteiger partial charge in [-0.05, 0) is 36.8 Å². The summed E-state index contributed by atoms with van der Waals surface area (Å²) in [5.41, 5.74) is -0.401. The summed E-state index contributed by atoms with van der Waals surface area (Å²) >= 11 is 0. The molecule has 0 amide bonds. The van der Waals surface area contributed by atoms with Crippen molar-refractivity contribution < 1.29 is 29.0 Å². The lowest BCUT2D eigenvalue weighted by atomic mass is 9.66. The van der Waals surface area contributed by atoms with E-state index in [1.54, 1.807) is 12.1 Å². The molecule has 2 aromatic rings. The highest BCUT2D eigenvalue weighted by Gasteiger charge is 2.45. The summed E-state index contributed by atoms with van der Waals surface area (Å²) in [4.78, 5) is 55.1. The average molecular weight is 547 g/mol. The number of nitriles is 2. The minimum atomic E-state index is -1.01. The van der Waals surface area contributed by atoms with Crippen molar-refractivity contribution in [3.63, 3.8) is 0 Å². The fraction of sp³-hybridized carbons (Fsp3) is 0.393. The Morgan fingerprint density at radius 3 is 1.65 bits per heavy atom. The molecule has 4 rings (SSSR count). The second-order valence-corrected chi connectivity index (χ2v) is 9.78. The molecule has 2 aliphatic carbocycles. The SMILES string of the molecule is COC(=O)C1CC(C#N)(c2ccc([N+](=O)[O-])cc2)CCC1=O.N#CC1(c2ccc([N+](=O)[O-])cc2)CCC(=O)CC1. The first-order chi connectivity index (χ1) is 19.0. The Hall–Kier alpha value is -4.97. The van der Waals surface area contributed by atoms with Gasteiger partial charge in [0.25, 0.3) is 11.4 Å². The van der Waals surface area contributed by atoms with Gasteiger partial charge in [0.1, 0.15) is 17.5 Å². The molecule has 2 unspecified atom stereocenters. The summed E-state index contributed by atoms with van der Waals surface area (Å²) in [7, 11) is 1.20. The fourth-order valence-electron chi connectivity index (χ4n) is 5.09. The molecule has 0 aliphatic heterocycles. The number of nitro benzene ring substituents is 2. The van der Waals surface area contributed by atoms with Gasteiger partial charge in [-0.25, -0.2) is 0 Å². The van der Waals surface area contributed by atoms with Crippen LogP contribution in [0.5, 0.6) is 0 Å². The van der Waals surface area contributed by atoms with Crippen molar-refractivity contribution >= 4 is 28.9 Å². The number of rotatable bonds is 5. The van der Waals surface area contributed by atoms with Crippen LogP contribution >= 0.6 is 0 Å². The number of ketones is 2. The smallest absolute Gasteiger partial charge is 0.316 e. The lowest BCUT2D eigenvalue weighted by Gasteiger charge is -2.34. The number of carbonyl (C=O) groups is 3. The van der Waals surface area contributed by atoms with Crippen LogP contribution in [0.2, 0.25) is 0 Å². The van der Waals surface area contributed by atoms with Gasteiger partial charge in [-0.2, -0.15) is 10.5 Å². The summed E-state index contributed by atoms with van der Waals surface area (Å²) in [6, 6.07) is 16.2. The Morgan fingerprint density at radius 1 is 0.825 bits per heavy atom. The lowest BCUT2D eigenvalue weighted by molar-refractivity contribution is -0.385. The highest BCUT2D eigenvalue weighted by Crippen LogP contribution is 2.41. The number of hydrogen-bond acceptors (Lipinski definition) is 10. The van der Waals surface area contributed by atoms with E-state index in [0.29, 0.717) is 31.2 Å². The minimum Gasteiger partial charge on any atom is -0.468 e. The predicted octanol–water partition coefficient (Wildman–Crippen LogP) is 4.40. The minimum absolute atomic E-state index is 0.0127. The van der Waals surface area contributed by atoms with Crippen LogP contribution in [0.3, 0.4) is 0 Å². The first-order valence-corrected chi connectivity index (χ1v) is 12.5. The van der Waals surface area contributed by atoms with Crippen LogP contribution in [0, 0.1) is 48.8 Å². The summed E-state index contributed by atoms with van der Waals surface area (Å²) in [5, 5.41) is 40.2. The fourth-order valence-corrected chi connectivity index (χ4v) is 5.09. The molecule has 2 aromatic carbocycles. The van der Waals surface area contributed by atoms with Crippen molar-refractivity contribution in [2.45, 2.75) is 55.8 Å². The van der Waals surface area contributed by atoms with Crippen molar-refractivity contribution in [3.8, 4) is 12.1 Å². The average Bonchev–Trinajstić information content (AvgIpc) is 2.98. The van der Waals surface area contributed by atoms with E-state index >= 15 is 0 Å². The number of methoxy groups -OCH3 is 1. The molecule has 0 spiro atoms.